The fourth-order valence-electron chi connectivity index (χ4n) is 2.63. The van der Waals surface area contributed by atoms with E-state index < -0.39 is 29.0 Å². The Kier molecular flexibility index (Phi) is 3.99. The summed E-state index contributed by atoms with van der Waals surface area (Å²) in [6.07, 6.45) is 1.38. The highest BCUT2D eigenvalue weighted by Gasteiger charge is 2.22. The van der Waals surface area contributed by atoms with E-state index in [1.807, 2.05) is 0 Å². The van der Waals surface area contributed by atoms with Gasteiger partial charge in [-0.05, 0) is 42.1 Å². The maximum Gasteiger partial charge on any atom is 0.255 e. The number of pyridine rings is 1. The lowest BCUT2D eigenvalue weighted by Gasteiger charge is -2.11. The zero-order chi connectivity index (χ0) is 17.4. The van der Waals surface area contributed by atoms with Crippen molar-refractivity contribution in [3.8, 4) is 0 Å². The summed E-state index contributed by atoms with van der Waals surface area (Å²) >= 11 is 0. The van der Waals surface area contributed by atoms with Crippen LogP contribution in [0.2, 0.25) is 0 Å². The number of carbonyl (C=O) groups is 1. The SMILES string of the molecule is C[C@H](N)c1cc(F)c(C(=O)c2cccc3c(=O)[nH]ccc23)c(F)c1. The first-order valence-electron chi connectivity index (χ1n) is 7.29. The number of benzene rings is 2. The number of hydrogen-bond acceptors (Lipinski definition) is 3. The average molecular weight is 328 g/mol. The standard InChI is InChI=1S/C18H14F2N2O2/c1-9(21)10-7-14(19)16(15(20)8-10)17(23)12-3-2-4-13-11(12)5-6-22-18(13)24/h2-9H,21H2,1H3,(H,22,24)/t9-/m0/s1. The van der Waals surface area contributed by atoms with E-state index in [0.29, 0.717) is 5.39 Å². The highest BCUT2D eigenvalue weighted by molar-refractivity contribution is 6.16. The van der Waals surface area contributed by atoms with E-state index in [2.05, 4.69) is 4.98 Å². The molecular weight excluding hydrogens is 314 g/mol. The van der Waals surface area contributed by atoms with Crippen LogP contribution in [0, 0.1) is 11.6 Å². The van der Waals surface area contributed by atoms with Crippen LogP contribution in [-0.2, 0) is 0 Å². The van der Waals surface area contributed by atoms with E-state index in [9.17, 15) is 18.4 Å². The van der Waals surface area contributed by atoms with Gasteiger partial charge in [-0.25, -0.2) is 8.78 Å². The third-order valence-corrected chi connectivity index (χ3v) is 3.88. The van der Waals surface area contributed by atoms with Crippen molar-refractivity contribution in [2.75, 3.05) is 0 Å². The van der Waals surface area contributed by atoms with Crippen molar-refractivity contribution in [3.63, 3.8) is 0 Å². The Bertz CT molecular complexity index is 986. The molecule has 0 saturated heterocycles. The predicted octanol–water partition coefficient (Wildman–Crippen LogP) is 3.06. The number of aromatic nitrogens is 1. The monoisotopic (exact) mass is 328 g/mol. The Morgan fingerprint density at radius 3 is 2.42 bits per heavy atom. The van der Waals surface area contributed by atoms with Crippen LogP contribution in [0.4, 0.5) is 8.78 Å². The molecular formula is C18H14F2N2O2. The van der Waals surface area contributed by atoms with Crippen LogP contribution in [0.5, 0.6) is 0 Å². The summed E-state index contributed by atoms with van der Waals surface area (Å²) in [4.78, 5) is 27.0. The van der Waals surface area contributed by atoms with Gasteiger partial charge in [0.1, 0.15) is 11.6 Å². The van der Waals surface area contributed by atoms with E-state index in [-0.39, 0.29) is 22.1 Å². The van der Waals surface area contributed by atoms with Gasteiger partial charge in [-0.3, -0.25) is 9.59 Å². The van der Waals surface area contributed by atoms with Crippen molar-refractivity contribution in [2.45, 2.75) is 13.0 Å². The zero-order valence-corrected chi connectivity index (χ0v) is 12.8. The molecule has 1 heterocycles. The van der Waals surface area contributed by atoms with Gasteiger partial charge in [0.2, 0.25) is 0 Å². The lowest BCUT2D eigenvalue weighted by Crippen LogP contribution is -2.13. The second-order valence-electron chi connectivity index (χ2n) is 5.55. The van der Waals surface area contributed by atoms with Gasteiger partial charge in [0.25, 0.3) is 5.56 Å². The van der Waals surface area contributed by atoms with Crippen molar-refractivity contribution in [1.29, 1.82) is 0 Å². The average Bonchev–Trinajstić information content (AvgIpc) is 2.54. The van der Waals surface area contributed by atoms with Gasteiger partial charge in [-0.1, -0.05) is 12.1 Å². The van der Waals surface area contributed by atoms with Crippen molar-refractivity contribution in [1.82, 2.24) is 4.98 Å². The van der Waals surface area contributed by atoms with E-state index in [1.165, 1.54) is 30.5 Å². The highest BCUT2D eigenvalue weighted by Crippen LogP contribution is 2.24. The largest absolute Gasteiger partial charge is 0.329 e. The van der Waals surface area contributed by atoms with E-state index in [1.54, 1.807) is 6.92 Å². The predicted molar refractivity (Wildman–Crippen MR) is 87.0 cm³/mol. The number of halogens is 2. The van der Waals surface area contributed by atoms with Crippen molar-refractivity contribution in [2.24, 2.45) is 5.73 Å². The summed E-state index contributed by atoms with van der Waals surface area (Å²) in [6, 6.07) is 7.54. The third-order valence-electron chi connectivity index (χ3n) is 3.88. The summed E-state index contributed by atoms with van der Waals surface area (Å²) in [7, 11) is 0. The van der Waals surface area contributed by atoms with Crippen LogP contribution in [-0.4, -0.2) is 10.8 Å². The number of ketones is 1. The molecule has 0 bridgehead atoms. The first-order valence-corrected chi connectivity index (χ1v) is 7.29. The Morgan fingerprint density at radius 1 is 1.12 bits per heavy atom. The maximum atomic E-state index is 14.3. The lowest BCUT2D eigenvalue weighted by atomic mass is 9.95. The van der Waals surface area contributed by atoms with Crippen LogP contribution < -0.4 is 11.3 Å². The maximum absolute atomic E-state index is 14.3. The highest BCUT2D eigenvalue weighted by atomic mass is 19.1. The number of H-pyrrole nitrogens is 1. The molecule has 0 unspecified atom stereocenters. The summed E-state index contributed by atoms with van der Waals surface area (Å²) in [6.45, 7) is 1.59. The van der Waals surface area contributed by atoms with Crippen molar-refractivity contribution >= 4 is 16.6 Å². The Hall–Kier alpha value is -2.86. The summed E-state index contributed by atoms with van der Waals surface area (Å²) < 4.78 is 28.6. The number of fused-ring (bicyclic) bond motifs is 1. The van der Waals surface area contributed by atoms with Gasteiger partial charge in [0, 0.05) is 23.2 Å². The van der Waals surface area contributed by atoms with Gasteiger partial charge in [0.15, 0.2) is 5.78 Å². The van der Waals surface area contributed by atoms with Crippen molar-refractivity contribution in [3.05, 3.63) is 81.3 Å². The molecule has 0 aliphatic heterocycles. The molecule has 24 heavy (non-hydrogen) atoms. The van der Waals surface area contributed by atoms with Gasteiger partial charge in [-0.2, -0.15) is 0 Å². The molecule has 0 fully saturated rings. The fourth-order valence-corrected chi connectivity index (χ4v) is 2.63. The van der Waals surface area contributed by atoms with Gasteiger partial charge in [-0.15, -0.1) is 0 Å². The Balaban J connectivity index is 2.21. The molecule has 3 aromatic rings. The smallest absolute Gasteiger partial charge is 0.255 e. The quantitative estimate of drug-likeness (QED) is 0.726. The minimum atomic E-state index is -0.978. The van der Waals surface area contributed by atoms with E-state index in [0.717, 1.165) is 12.1 Å². The molecule has 6 heteroatoms. The number of carbonyl (C=O) groups excluding carboxylic acids is 1. The molecule has 122 valence electrons. The number of nitrogens with one attached hydrogen (secondary N) is 1. The molecule has 3 rings (SSSR count). The first kappa shape index (κ1) is 16.0. The van der Waals surface area contributed by atoms with Crippen molar-refractivity contribution < 1.29 is 13.6 Å². The molecule has 4 nitrogen and oxygen atoms in total. The fraction of sp³-hybridized carbons (Fsp3) is 0.111. The molecule has 0 aliphatic carbocycles. The van der Waals surface area contributed by atoms with E-state index >= 15 is 0 Å². The molecule has 0 amide bonds. The Labute approximate surface area is 135 Å². The molecule has 1 atom stereocenters. The Morgan fingerprint density at radius 2 is 1.79 bits per heavy atom. The molecule has 0 spiro atoms. The molecule has 0 radical (unpaired) electrons. The van der Waals surface area contributed by atoms with Crippen LogP contribution in [0.3, 0.4) is 0 Å². The molecule has 0 saturated carbocycles. The van der Waals surface area contributed by atoms with Gasteiger partial charge >= 0.3 is 0 Å². The third kappa shape index (κ3) is 2.61. The van der Waals surface area contributed by atoms with E-state index in [4.69, 9.17) is 5.73 Å². The van der Waals surface area contributed by atoms with Gasteiger partial charge in [0.05, 0.1) is 5.56 Å². The second kappa shape index (κ2) is 5.98. The number of nitrogens with two attached hydrogens (primary N) is 1. The van der Waals surface area contributed by atoms with Gasteiger partial charge < -0.3 is 10.7 Å². The minimum absolute atomic E-state index is 0.0601. The van der Waals surface area contributed by atoms with Crippen LogP contribution in [0.15, 0.2) is 47.4 Å². The molecule has 1 aromatic heterocycles. The van der Waals surface area contributed by atoms with Crippen LogP contribution in [0.25, 0.3) is 10.8 Å². The van der Waals surface area contributed by atoms with Crippen LogP contribution in [0.1, 0.15) is 34.5 Å². The number of rotatable bonds is 3. The summed E-state index contributed by atoms with van der Waals surface area (Å²) in [5.41, 5.74) is 4.90. The molecule has 2 aromatic carbocycles. The molecule has 0 aliphatic rings. The second-order valence-corrected chi connectivity index (χ2v) is 5.55. The number of aromatic amines is 1. The normalized spacial score (nSPS) is 12.3. The minimum Gasteiger partial charge on any atom is -0.329 e. The molecule has 3 N–H and O–H groups in total. The summed E-state index contributed by atoms with van der Waals surface area (Å²) in [5.74, 6) is -2.78. The summed E-state index contributed by atoms with van der Waals surface area (Å²) in [5, 5.41) is 0.609. The zero-order valence-electron chi connectivity index (χ0n) is 12.8. The lowest BCUT2D eigenvalue weighted by molar-refractivity contribution is 0.103. The topological polar surface area (TPSA) is 76.0 Å². The number of hydrogen-bond donors (Lipinski definition) is 2. The van der Waals surface area contributed by atoms with Crippen LogP contribution >= 0.6 is 0 Å². The first-order chi connectivity index (χ1) is 11.4.